The van der Waals surface area contributed by atoms with Crippen LogP contribution in [0.5, 0.6) is 0 Å². The van der Waals surface area contributed by atoms with Gasteiger partial charge in [0.25, 0.3) is 6.43 Å². The van der Waals surface area contributed by atoms with Crippen LogP contribution in [-0.2, 0) is 10.0 Å². The van der Waals surface area contributed by atoms with Gasteiger partial charge in [0.15, 0.2) is 0 Å². The summed E-state index contributed by atoms with van der Waals surface area (Å²) in [7, 11) is -4.33. The van der Waals surface area contributed by atoms with Crippen molar-refractivity contribution in [2.24, 2.45) is 0 Å². The molecule has 0 saturated heterocycles. The first-order valence-electron chi connectivity index (χ1n) is 5.04. The van der Waals surface area contributed by atoms with Gasteiger partial charge < -0.3 is 5.11 Å². The number of nitrogens with one attached hydrogen (secondary N) is 1. The lowest BCUT2D eigenvalue weighted by Crippen LogP contribution is -2.29. The molecule has 19 heavy (non-hydrogen) atoms. The molecule has 2 N–H and O–H groups in total. The maximum absolute atomic E-state index is 13.6. The summed E-state index contributed by atoms with van der Waals surface area (Å²) in [4.78, 5) is -0.734. The predicted octanol–water partition coefficient (Wildman–Crippen LogP) is 0.713. The lowest BCUT2D eigenvalue weighted by Gasteiger charge is -2.07. The molecule has 0 unspecified atom stereocenters. The number of sulfonamides is 1. The van der Waals surface area contributed by atoms with Gasteiger partial charge >= 0.3 is 0 Å². The number of halogens is 3. The molecule has 1 aromatic carbocycles. The highest BCUT2D eigenvalue weighted by Crippen LogP contribution is 2.15. The van der Waals surface area contributed by atoms with E-state index in [1.807, 2.05) is 0 Å². The number of alkyl halides is 2. The molecule has 0 atom stereocenters. The molecule has 1 rings (SSSR count). The average molecular weight is 293 g/mol. The van der Waals surface area contributed by atoms with Gasteiger partial charge in [0.2, 0.25) is 10.0 Å². The van der Waals surface area contributed by atoms with Crippen molar-refractivity contribution in [3.8, 4) is 11.8 Å². The van der Waals surface area contributed by atoms with Gasteiger partial charge in [-0.15, -0.1) is 0 Å². The molecule has 0 spiro atoms. The second-order valence-electron chi connectivity index (χ2n) is 3.35. The van der Waals surface area contributed by atoms with Crippen LogP contribution < -0.4 is 4.72 Å². The number of aliphatic hydroxyl groups excluding tert-OH is 1. The molecule has 0 bridgehead atoms. The Morgan fingerprint density at radius 2 is 2.05 bits per heavy atom. The van der Waals surface area contributed by atoms with E-state index in [9.17, 15) is 21.6 Å². The predicted molar refractivity (Wildman–Crippen MR) is 61.6 cm³/mol. The molecule has 104 valence electrons. The summed E-state index contributed by atoms with van der Waals surface area (Å²) < 4.78 is 62.0. The lowest BCUT2D eigenvalue weighted by atomic mass is 10.2. The van der Waals surface area contributed by atoms with Gasteiger partial charge in [-0.05, 0) is 18.2 Å². The van der Waals surface area contributed by atoms with Crippen LogP contribution in [0.1, 0.15) is 5.56 Å². The van der Waals surface area contributed by atoms with Crippen molar-refractivity contribution in [1.29, 1.82) is 0 Å². The first kappa shape index (κ1) is 15.5. The number of hydrogen-bond donors (Lipinski definition) is 2. The molecule has 0 heterocycles. The maximum atomic E-state index is 13.6. The third kappa shape index (κ3) is 4.55. The van der Waals surface area contributed by atoms with E-state index in [0.29, 0.717) is 0 Å². The fourth-order valence-electron chi connectivity index (χ4n) is 1.19. The molecule has 1 aromatic rings. The number of aliphatic hydroxyl groups is 1. The summed E-state index contributed by atoms with van der Waals surface area (Å²) >= 11 is 0. The van der Waals surface area contributed by atoms with Crippen molar-refractivity contribution in [3.05, 3.63) is 29.6 Å². The molecule has 0 saturated carbocycles. The number of benzene rings is 1. The van der Waals surface area contributed by atoms with E-state index in [1.165, 1.54) is 6.07 Å². The quantitative estimate of drug-likeness (QED) is 0.804. The van der Waals surface area contributed by atoms with E-state index < -0.39 is 40.3 Å². The van der Waals surface area contributed by atoms with E-state index in [1.54, 1.807) is 4.72 Å². The van der Waals surface area contributed by atoms with Crippen molar-refractivity contribution < 1.29 is 26.7 Å². The molecular formula is C11H10F3NO3S. The van der Waals surface area contributed by atoms with E-state index in [-0.39, 0.29) is 5.56 Å². The van der Waals surface area contributed by atoms with E-state index in [0.717, 1.165) is 12.1 Å². The zero-order chi connectivity index (χ0) is 14.5. The Kier molecular flexibility index (Phi) is 5.35. The third-order valence-electron chi connectivity index (χ3n) is 1.96. The Hall–Kier alpha value is -1.56. The second kappa shape index (κ2) is 6.56. The molecule has 0 amide bonds. The Morgan fingerprint density at radius 1 is 1.37 bits per heavy atom. The molecule has 0 aliphatic carbocycles. The highest BCUT2D eigenvalue weighted by Gasteiger charge is 2.20. The second-order valence-corrected chi connectivity index (χ2v) is 5.08. The molecule has 0 aliphatic heterocycles. The van der Waals surface area contributed by atoms with E-state index in [4.69, 9.17) is 5.11 Å². The summed E-state index contributed by atoms with van der Waals surface area (Å²) in [5.41, 5.74) is 0.166. The summed E-state index contributed by atoms with van der Waals surface area (Å²) in [6, 6.07) is 2.98. The monoisotopic (exact) mass is 293 g/mol. The van der Waals surface area contributed by atoms with E-state index in [2.05, 4.69) is 11.8 Å². The fraction of sp³-hybridized carbons (Fsp3) is 0.273. The van der Waals surface area contributed by atoms with Crippen LogP contribution >= 0.6 is 0 Å². The Morgan fingerprint density at radius 3 is 2.58 bits per heavy atom. The zero-order valence-corrected chi connectivity index (χ0v) is 10.3. The largest absolute Gasteiger partial charge is 0.384 e. The van der Waals surface area contributed by atoms with Crippen LogP contribution in [0.15, 0.2) is 23.1 Å². The minimum atomic E-state index is -4.33. The summed E-state index contributed by atoms with van der Waals surface area (Å²) in [6.45, 7) is -1.51. The fourth-order valence-corrected chi connectivity index (χ4v) is 2.25. The maximum Gasteiger partial charge on any atom is 0.251 e. The van der Waals surface area contributed by atoms with Gasteiger partial charge in [0.05, 0.1) is 6.54 Å². The standard InChI is InChI=1S/C11H10F3NO3S/c12-9-6-8(2-1-5-16)3-4-10(9)19(17,18)15-7-11(13)14/h3-4,6,11,15-16H,5,7H2. The summed E-state index contributed by atoms with van der Waals surface area (Å²) in [5, 5.41) is 8.46. The van der Waals surface area contributed by atoms with Crippen LogP contribution in [0, 0.1) is 17.7 Å². The minimum Gasteiger partial charge on any atom is -0.384 e. The normalized spacial score (nSPS) is 11.2. The third-order valence-corrected chi connectivity index (χ3v) is 3.42. The molecule has 0 aliphatic rings. The molecule has 4 nitrogen and oxygen atoms in total. The highest BCUT2D eigenvalue weighted by atomic mass is 32.2. The van der Waals surface area contributed by atoms with Crippen molar-refractivity contribution in [2.75, 3.05) is 13.2 Å². The Labute approximate surface area is 108 Å². The first-order valence-corrected chi connectivity index (χ1v) is 6.52. The zero-order valence-electron chi connectivity index (χ0n) is 9.53. The van der Waals surface area contributed by atoms with Gasteiger partial charge in [0, 0.05) is 5.56 Å². The number of hydrogen-bond acceptors (Lipinski definition) is 3. The lowest BCUT2D eigenvalue weighted by molar-refractivity contribution is 0.153. The van der Waals surface area contributed by atoms with Crippen LogP contribution in [0.25, 0.3) is 0 Å². The molecule has 0 fully saturated rings. The van der Waals surface area contributed by atoms with E-state index >= 15 is 0 Å². The molecule has 0 aromatic heterocycles. The van der Waals surface area contributed by atoms with Gasteiger partial charge in [-0.2, -0.15) is 0 Å². The average Bonchev–Trinajstić information content (AvgIpc) is 2.34. The van der Waals surface area contributed by atoms with Crippen LogP contribution in [0.2, 0.25) is 0 Å². The molecule has 8 heteroatoms. The minimum absolute atomic E-state index is 0.166. The van der Waals surface area contributed by atoms with Gasteiger partial charge in [-0.3, -0.25) is 0 Å². The van der Waals surface area contributed by atoms with Crippen molar-refractivity contribution in [2.45, 2.75) is 11.3 Å². The SMILES string of the molecule is O=S(=O)(NCC(F)F)c1ccc(C#CCO)cc1F. The summed E-state index contributed by atoms with van der Waals surface area (Å²) in [6.07, 6.45) is -2.87. The molecular weight excluding hydrogens is 283 g/mol. The van der Waals surface area contributed by atoms with Crippen LogP contribution in [0.4, 0.5) is 13.2 Å². The highest BCUT2D eigenvalue weighted by molar-refractivity contribution is 7.89. The van der Waals surface area contributed by atoms with Gasteiger partial charge in [-0.25, -0.2) is 26.3 Å². The Balaban J connectivity index is 3.02. The van der Waals surface area contributed by atoms with Crippen molar-refractivity contribution >= 4 is 10.0 Å². The number of rotatable bonds is 4. The topological polar surface area (TPSA) is 66.4 Å². The smallest absolute Gasteiger partial charge is 0.251 e. The van der Waals surface area contributed by atoms with Crippen LogP contribution in [-0.4, -0.2) is 33.1 Å². The van der Waals surface area contributed by atoms with Crippen molar-refractivity contribution in [3.63, 3.8) is 0 Å². The van der Waals surface area contributed by atoms with Gasteiger partial charge in [-0.1, -0.05) is 11.8 Å². The van der Waals surface area contributed by atoms with Crippen LogP contribution in [0.3, 0.4) is 0 Å². The Bertz CT molecular complexity index is 605. The molecule has 0 radical (unpaired) electrons. The van der Waals surface area contributed by atoms with Gasteiger partial charge in [0.1, 0.15) is 17.3 Å². The first-order chi connectivity index (χ1) is 8.86. The van der Waals surface area contributed by atoms with Crippen molar-refractivity contribution in [1.82, 2.24) is 4.72 Å². The summed E-state index contributed by atoms with van der Waals surface area (Å²) in [5.74, 6) is 3.55.